The Labute approximate surface area is 128 Å². The van der Waals surface area contributed by atoms with Gasteiger partial charge < -0.3 is 15.8 Å². The van der Waals surface area contributed by atoms with E-state index in [2.05, 4.69) is 19.2 Å². The Morgan fingerprint density at radius 2 is 1.95 bits per heavy atom. The van der Waals surface area contributed by atoms with E-state index in [0.29, 0.717) is 18.3 Å². The van der Waals surface area contributed by atoms with Gasteiger partial charge in [0.2, 0.25) is 5.91 Å². The molecule has 0 heterocycles. The van der Waals surface area contributed by atoms with Gasteiger partial charge in [0.1, 0.15) is 5.75 Å². The van der Waals surface area contributed by atoms with Gasteiger partial charge in [0, 0.05) is 12.0 Å². The van der Waals surface area contributed by atoms with Crippen molar-refractivity contribution in [3.8, 4) is 5.75 Å². The zero-order valence-electron chi connectivity index (χ0n) is 13.8. The summed E-state index contributed by atoms with van der Waals surface area (Å²) in [5.74, 6) is 1.07. The van der Waals surface area contributed by atoms with Crippen molar-refractivity contribution in [1.82, 2.24) is 0 Å². The van der Waals surface area contributed by atoms with E-state index in [-0.39, 0.29) is 17.9 Å². The van der Waals surface area contributed by atoms with Crippen LogP contribution < -0.4 is 15.8 Å². The highest BCUT2D eigenvalue weighted by molar-refractivity contribution is 5.93. The number of benzene rings is 1. The third kappa shape index (κ3) is 5.38. The second-order valence-corrected chi connectivity index (χ2v) is 6.02. The second-order valence-electron chi connectivity index (χ2n) is 6.02. The van der Waals surface area contributed by atoms with Gasteiger partial charge in [-0.25, -0.2) is 0 Å². The summed E-state index contributed by atoms with van der Waals surface area (Å²) in [4.78, 5) is 11.8. The number of hydrogen-bond acceptors (Lipinski definition) is 3. The zero-order chi connectivity index (χ0) is 16.0. The summed E-state index contributed by atoms with van der Waals surface area (Å²) >= 11 is 0. The van der Waals surface area contributed by atoms with Gasteiger partial charge >= 0.3 is 0 Å². The third-order valence-corrected chi connectivity index (χ3v) is 3.46. The molecule has 0 radical (unpaired) electrons. The van der Waals surface area contributed by atoms with Crippen molar-refractivity contribution in [3.63, 3.8) is 0 Å². The maximum absolute atomic E-state index is 11.8. The molecule has 1 amide bonds. The van der Waals surface area contributed by atoms with Crippen molar-refractivity contribution in [3.05, 3.63) is 23.8 Å². The fourth-order valence-corrected chi connectivity index (χ4v) is 1.86. The first-order chi connectivity index (χ1) is 9.85. The second kappa shape index (κ2) is 8.03. The fraction of sp³-hybridized carbons (Fsp3) is 0.588. The van der Waals surface area contributed by atoms with Gasteiger partial charge in [-0.2, -0.15) is 0 Å². The smallest absolute Gasteiger partial charge is 0.227 e. The predicted molar refractivity (Wildman–Crippen MR) is 87.6 cm³/mol. The molecule has 0 saturated heterocycles. The lowest BCUT2D eigenvalue weighted by molar-refractivity contribution is -0.118. The Hall–Kier alpha value is -1.55. The molecule has 0 bridgehead atoms. The molecule has 0 aliphatic heterocycles. The number of nitrogens with one attached hydrogen (secondary N) is 1. The molecule has 4 nitrogen and oxygen atoms in total. The van der Waals surface area contributed by atoms with Crippen LogP contribution in [0.3, 0.4) is 0 Å². The molecule has 3 N–H and O–H groups in total. The van der Waals surface area contributed by atoms with Gasteiger partial charge in [0.15, 0.2) is 0 Å². The lowest BCUT2D eigenvalue weighted by atomic mass is 9.97. The van der Waals surface area contributed by atoms with Crippen LogP contribution in [0.2, 0.25) is 0 Å². The molecule has 0 fully saturated rings. The van der Waals surface area contributed by atoms with E-state index in [4.69, 9.17) is 10.5 Å². The Balaban J connectivity index is 2.93. The molecule has 1 unspecified atom stereocenters. The van der Waals surface area contributed by atoms with Crippen LogP contribution in [0.1, 0.15) is 40.2 Å². The predicted octanol–water partition coefficient (Wildman–Crippen LogP) is 3.21. The Kier molecular flexibility index (Phi) is 6.69. The van der Waals surface area contributed by atoms with Crippen LogP contribution in [0.15, 0.2) is 18.2 Å². The minimum atomic E-state index is -0.0616. The first-order valence-electron chi connectivity index (χ1n) is 7.67. The summed E-state index contributed by atoms with van der Waals surface area (Å²) in [5, 5.41) is 2.90. The summed E-state index contributed by atoms with van der Waals surface area (Å²) in [6.45, 7) is 10.5. The number of carbonyl (C=O) groups is 1. The van der Waals surface area contributed by atoms with E-state index in [1.807, 2.05) is 39.0 Å². The van der Waals surface area contributed by atoms with Gasteiger partial charge in [-0.15, -0.1) is 0 Å². The molecule has 0 saturated carbocycles. The highest BCUT2D eigenvalue weighted by atomic mass is 16.5. The minimum Gasteiger partial charge on any atom is -0.492 e. The first-order valence-corrected chi connectivity index (χ1v) is 7.67. The number of anilines is 1. The van der Waals surface area contributed by atoms with Crippen LogP contribution >= 0.6 is 0 Å². The SMILES string of the molecule is CCOc1cc(CC(N)C(C)C)ccc1NC(=O)C(C)C. The molecule has 118 valence electrons. The van der Waals surface area contributed by atoms with Crippen LogP contribution in [-0.4, -0.2) is 18.6 Å². The Bertz CT molecular complexity index is 470. The van der Waals surface area contributed by atoms with E-state index in [1.54, 1.807) is 0 Å². The van der Waals surface area contributed by atoms with Crippen LogP contribution in [0.5, 0.6) is 5.75 Å². The summed E-state index contributed by atoms with van der Waals surface area (Å²) in [6, 6.07) is 5.99. The fourth-order valence-electron chi connectivity index (χ4n) is 1.86. The summed E-state index contributed by atoms with van der Waals surface area (Å²) < 4.78 is 5.64. The molecule has 1 rings (SSSR count). The highest BCUT2D eigenvalue weighted by Crippen LogP contribution is 2.27. The number of hydrogen-bond donors (Lipinski definition) is 2. The average molecular weight is 292 g/mol. The van der Waals surface area contributed by atoms with E-state index >= 15 is 0 Å². The molecule has 4 heteroatoms. The molecular formula is C17H28N2O2. The minimum absolute atomic E-state index is 0.0115. The largest absolute Gasteiger partial charge is 0.492 e. The van der Waals surface area contributed by atoms with E-state index in [1.165, 1.54) is 0 Å². The van der Waals surface area contributed by atoms with Crippen molar-refractivity contribution >= 4 is 11.6 Å². The van der Waals surface area contributed by atoms with E-state index in [0.717, 1.165) is 17.7 Å². The zero-order valence-corrected chi connectivity index (χ0v) is 13.8. The lowest BCUT2D eigenvalue weighted by Crippen LogP contribution is -2.28. The van der Waals surface area contributed by atoms with Crippen molar-refractivity contribution in [2.24, 2.45) is 17.6 Å². The maximum atomic E-state index is 11.8. The molecule has 21 heavy (non-hydrogen) atoms. The molecule has 1 aromatic carbocycles. The van der Waals surface area contributed by atoms with E-state index < -0.39 is 0 Å². The van der Waals surface area contributed by atoms with Gasteiger partial charge in [-0.05, 0) is 37.0 Å². The normalized spacial score (nSPS) is 12.6. The quantitative estimate of drug-likeness (QED) is 0.811. The van der Waals surface area contributed by atoms with Crippen LogP contribution in [0.4, 0.5) is 5.69 Å². The monoisotopic (exact) mass is 292 g/mol. The Morgan fingerprint density at radius 3 is 2.48 bits per heavy atom. The van der Waals surface area contributed by atoms with Crippen molar-refractivity contribution in [1.29, 1.82) is 0 Å². The molecule has 0 aromatic heterocycles. The molecular weight excluding hydrogens is 264 g/mol. The molecule has 1 aromatic rings. The van der Waals surface area contributed by atoms with Gasteiger partial charge in [0.25, 0.3) is 0 Å². The van der Waals surface area contributed by atoms with Crippen molar-refractivity contribution < 1.29 is 9.53 Å². The number of rotatable bonds is 7. The maximum Gasteiger partial charge on any atom is 0.227 e. The molecule has 0 spiro atoms. The average Bonchev–Trinajstić information content (AvgIpc) is 2.41. The van der Waals surface area contributed by atoms with Crippen LogP contribution in [0, 0.1) is 11.8 Å². The number of amides is 1. The van der Waals surface area contributed by atoms with Gasteiger partial charge in [-0.1, -0.05) is 33.8 Å². The van der Waals surface area contributed by atoms with Crippen molar-refractivity contribution in [2.75, 3.05) is 11.9 Å². The Morgan fingerprint density at radius 1 is 1.29 bits per heavy atom. The summed E-state index contributed by atoms with van der Waals surface area (Å²) in [5.41, 5.74) is 7.97. The number of nitrogens with two attached hydrogens (primary N) is 1. The summed E-state index contributed by atoms with van der Waals surface area (Å²) in [7, 11) is 0. The van der Waals surface area contributed by atoms with Gasteiger partial charge in [0.05, 0.1) is 12.3 Å². The molecule has 0 aliphatic carbocycles. The third-order valence-electron chi connectivity index (χ3n) is 3.46. The lowest BCUT2D eigenvalue weighted by Gasteiger charge is -2.18. The van der Waals surface area contributed by atoms with Gasteiger partial charge in [-0.3, -0.25) is 4.79 Å². The van der Waals surface area contributed by atoms with E-state index in [9.17, 15) is 4.79 Å². The van der Waals surface area contributed by atoms with Crippen molar-refractivity contribution in [2.45, 2.75) is 47.1 Å². The number of carbonyl (C=O) groups excluding carboxylic acids is 1. The standard InChI is InChI=1S/C17H28N2O2/c1-6-21-16-10-13(9-14(18)11(2)3)7-8-15(16)19-17(20)12(4)5/h7-8,10-12,14H,6,9,18H2,1-5H3,(H,19,20). The first kappa shape index (κ1) is 17.5. The topological polar surface area (TPSA) is 64.3 Å². The molecule has 0 aliphatic rings. The summed E-state index contributed by atoms with van der Waals surface area (Å²) in [6.07, 6.45) is 0.802. The van der Waals surface area contributed by atoms with Crippen LogP contribution in [-0.2, 0) is 11.2 Å². The van der Waals surface area contributed by atoms with Crippen LogP contribution in [0.25, 0.3) is 0 Å². The number of ether oxygens (including phenoxy) is 1. The molecule has 1 atom stereocenters. The highest BCUT2D eigenvalue weighted by Gasteiger charge is 2.14.